The first kappa shape index (κ1) is 13.4. The van der Waals surface area contributed by atoms with E-state index >= 15 is 0 Å². The fourth-order valence-corrected chi connectivity index (χ4v) is 1.81. The Kier molecular flexibility index (Phi) is 4.82. The number of carbonyl (C=O) groups excluding carboxylic acids is 1. The summed E-state index contributed by atoms with van der Waals surface area (Å²) in [6.07, 6.45) is 0.940. The second-order valence-electron chi connectivity index (χ2n) is 3.95. The number of hydrogen-bond acceptors (Lipinski definition) is 4. The lowest BCUT2D eigenvalue weighted by molar-refractivity contribution is -0.141. The molecule has 0 saturated carbocycles. The third-order valence-electron chi connectivity index (χ3n) is 2.72. The molecule has 1 aromatic rings. The second-order valence-corrected chi connectivity index (χ2v) is 3.95. The Morgan fingerprint density at radius 1 is 1.47 bits per heavy atom. The number of rotatable bonds is 5. The summed E-state index contributed by atoms with van der Waals surface area (Å²) in [7, 11) is 1.40. The van der Waals surface area contributed by atoms with Crippen molar-refractivity contribution >= 4 is 17.3 Å². The highest BCUT2D eigenvalue weighted by atomic mass is 16.5. The fraction of sp³-hybridized carbons (Fsp3) is 0.462. The maximum Gasteiger partial charge on any atom is 0.328 e. The molecule has 2 N–H and O–H groups in total. The molecule has 1 rings (SSSR count). The predicted octanol–water partition coefficient (Wildman–Crippen LogP) is 2.05. The van der Waals surface area contributed by atoms with Gasteiger partial charge in [-0.1, -0.05) is 19.1 Å². The third-order valence-corrected chi connectivity index (χ3v) is 2.72. The molecular formula is C13H20N2O2. The molecule has 4 nitrogen and oxygen atoms in total. The molecule has 0 spiro atoms. The average Bonchev–Trinajstić information content (AvgIpc) is 2.35. The Balaban J connectivity index is 3.01. The standard InChI is InChI=1S/C13H20N2O2/c1-4-9-15(10(2)13(16)17-3)12-8-6-5-7-11(12)14/h5-8,10H,4,9,14H2,1-3H3. The first-order chi connectivity index (χ1) is 8.11. The largest absolute Gasteiger partial charge is 0.467 e. The molecule has 0 bridgehead atoms. The van der Waals surface area contributed by atoms with Gasteiger partial charge in [0.1, 0.15) is 6.04 Å². The van der Waals surface area contributed by atoms with E-state index in [0.717, 1.165) is 18.7 Å². The van der Waals surface area contributed by atoms with Crippen molar-refractivity contribution in [2.24, 2.45) is 0 Å². The lowest BCUT2D eigenvalue weighted by Crippen LogP contribution is -2.40. The van der Waals surface area contributed by atoms with Crippen LogP contribution in [0.4, 0.5) is 11.4 Å². The summed E-state index contributed by atoms with van der Waals surface area (Å²) >= 11 is 0. The zero-order valence-electron chi connectivity index (χ0n) is 10.6. The number of benzene rings is 1. The number of nitrogens with two attached hydrogens (primary N) is 1. The summed E-state index contributed by atoms with van der Waals surface area (Å²) in [5.74, 6) is -0.248. The summed E-state index contributed by atoms with van der Waals surface area (Å²) in [6, 6.07) is 7.22. The van der Waals surface area contributed by atoms with Crippen LogP contribution in [0.2, 0.25) is 0 Å². The number of anilines is 2. The molecule has 0 amide bonds. The average molecular weight is 236 g/mol. The van der Waals surface area contributed by atoms with Crippen LogP contribution in [-0.4, -0.2) is 25.7 Å². The minimum Gasteiger partial charge on any atom is -0.467 e. The van der Waals surface area contributed by atoms with E-state index in [9.17, 15) is 4.79 Å². The summed E-state index contributed by atoms with van der Waals surface area (Å²) in [6.45, 7) is 4.66. The Labute approximate surface area is 102 Å². The van der Waals surface area contributed by atoms with Gasteiger partial charge in [-0.05, 0) is 25.5 Å². The van der Waals surface area contributed by atoms with E-state index in [-0.39, 0.29) is 12.0 Å². The summed E-state index contributed by atoms with van der Waals surface area (Å²) < 4.78 is 4.78. The number of carbonyl (C=O) groups is 1. The van der Waals surface area contributed by atoms with Gasteiger partial charge in [-0.3, -0.25) is 0 Å². The molecule has 0 heterocycles. The van der Waals surface area contributed by atoms with Gasteiger partial charge in [0, 0.05) is 6.54 Å². The van der Waals surface area contributed by atoms with E-state index in [1.807, 2.05) is 36.1 Å². The van der Waals surface area contributed by atoms with E-state index in [4.69, 9.17) is 10.5 Å². The fourth-order valence-electron chi connectivity index (χ4n) is 1.81. The molecule has 1 aromatic carbocycles. The van der Waals surface area contributed by atoms with Crippen LogP contribution in [0.1, 0.15) is 20.3 Å². The van der Waals surface area contributed by atoms with Gasteiger partial charge < -0.3 is 15.4 Å². The smallest absolute Gasteiger partial charge is 0.328 e. The highest BCUT2D eigenvalue weighted by Crippen LogP contribution is 2.25. The monoisotopic (exact) mass is 236 g/mol. The van der Waals surface area contributed by atoms with Gasteiger partial charge in [-0.25, -0.2) is 4.79 Å². The topological polar surface area (TPSA) is 55.6 Å². The lowest BCUT2D eigenvalue weighted by Gasteiger charge is -2.30. The molecule has 0 saturated heterocycles. The van der Waals surface area contributed by atoms with Crippen molar-refractivity contribution in [2.75, 3.05) is 24.3 Å². The molecule has 4 heteroatoms. The Morgan fingerprint density at radius 3 is 2.65 bits per heavy atom. The highest BCUT2D eigenvalue weighted by Gasteiger charge is 2.22. The van der Waals surface area contributed by atoms with Crippen molar-refractivity contribution in [1.82, 2.24) is 0 Å². The van der Waals surface area contributed by atoms with Gasteiger partial charge in [0.2, 0.25) is 0 Å². The molecule has 0 radical (unpaired) electrons. The van der Waals surface area contributed by atoms with Gasteiger partial charge in [0.15, 0.2) is 0 Å². The minimum atomic E-state index is -0.329. The Hall–Kier alpha value is -1.71. The van der Waals surface area contributed by atoms with Gasteiger partial charge >= 0.3 is 5.97 Å². The normalized spacial score (nSPS) is 11.9. The molecule has 17 heavy (non-hydrogen) atoms. The maximum atomic E-state index is 11.6. The Morgan fingerprint density at radius 2 is 2.12 bits per heavy atom. The molecule has 0 aliphatic rings. The number of hydrogen-bond donors (Lipinski definition) is 1. The van der Waals surface area contributed by atoms with E-state index in [2.05, 4.69) is 6.92 Å². The molecule has 0 aliphatic carbocycles. The summed E-state index contributed by atoms with van der Waals surface area (Å²) in [4.78, 5) is 13.6. The van der Waals surface area contributed by atoms with Crippen LogP contribution in [0, 0.1) is 0 Å². The highest BCUT2D eigenvalue weighted by molar-refractivity contribution is 5.81. The van der Waals surface area contributed by atoms with Gasteiger partial charge in [-0.15, -0.1) is 0 Å². The minimum absolute atomic E-state index is 0.248. The van der Waals surface area contributed by atoms with Crippen molar-refractivity contribution in [1.29, 1.82) is 0 Å². The molecule has 1 unspecified atom stereocenters. The number of methoxy groups -OCH3 is 1. The van der Waals surface area contributed by atoms with Crippen molar-refractivity contribution < 1.29 is 9.53 Å². The van der Waals surface area contributed by atoms with E-state index in [1.165, 1.54) is 7.11 Å². The van der Waals surface area contributed by atoms with Crippen molar-refractivity contribution in [3.05, 3.63) is 24.3 Å². The van der Waals surface area contributed by atoms with Gasteiger partial charge in [0.25, 0.3) is 0 Å². The molecule has 0 aliphatic heterocycles. The quantitative estimate of drug-likeness (QED) is 0.628. The number of para-hydroxylation sites is 2. The number of esters is 1. The number of nitrogen functional groups attached to an aromatic ring is 1. The summed E-state index contributed by atoms with van der Waals surface area (Å²) in [5.41, 5.74) is 7.50. The van der Waals surface area contributed by atoms with E-state index < -0.39 is 0 Å². The number of nitrogens with zero attached hydrogens (tertiary/aromatic N) is 1. The van der Waals surface area contributed by atoms with Crippen molar-refractivity contribution in [3.8, 4) is 0 Å². The summed E-state index contributed by atoms with van der Waals surface area (Å²) in [5, 5.41) is 0. The van der Waals surface area contributed by atoms with Crippen LogP contribution in [0.25, 0.3) is 0 Å². The van der Waals surface area contributed by atoms with Gasteiger partial charge in [0.05, 0.1) is 18.5 Å². The number of ether oxygens (including phenoxy) is 1. The van der Waals surface area contributed by atoms with Crippen LogP contribution in [-0.2, 0) is 9.53 Å². The Bertz CT molecular complexity index is 379. The molecular weight excluding hydrogens is 216 g/mol. The molecule has 0 fully saturated rings. The molecule has 0 aromatic heterocycles. The third kappa shape index (κ3) is 3.12. The van der Waals surface area contributed by atoms with E-state index in [1.54, 1.807) is 0 Å². The zero-order chi connectivity index (χ0) is 12.8. The van der Waals surface area contributed by atoms with Crippen LogP contribution in [0.3, 0.4) is 0 Å². The SMILES string of the molecule is CCCN(c1ccccc1N)C(C)C(=O)OC. The van der Waals surface area contributed by atoms with Crippen LogP contribution in [0.5, 0.6) is 0 Å². The van der Waals surface area contributed by atoms with Crippen molar-refractivity contribution in [3.63, 3.8) is 0 Å². The maximum absolute atomic E-state index is 11.6. The van der Waals surface area contributed by atoms with Crippen LogP contribution in [0.15, 0.2) is 24.3 Å². The first-order valence-electron chi connectivity index (χ1n) is 5.80. The lowest BCUT2D eigenvalue weighted by atomic mass is 10.2. The van der Waals surface area contributed by atoms with E-state index in [0.29, 0.717) is 5.69 Å². The molecule has 1 atom stereocenters. The molecule has 94 valence electrons. The first-order valence-corrected chi connectivity index (χ1v) is 5.80. The zero-order valence-corrected chi connectivity index (χ0v) is 10.6. The van der Waals surface area contributed by atoms with Gasteiger partial charge in [-0.2, -0.15) is 0 Å². The van der Waals surface area contributed by atoms with Crippen molar-refractivity contribution in [2.45, 2.75) is 26.3 Å². The van der Waals surface area contributed by atoms with Crippen LogP contribution >= 0.6 is 0 Å². The second kappa shape index (κ2) is 6.13. The predicted molar refractivity (Wildman–Crippen MR) is 70.0 cm³/mol. The van der Waals surface area contributed by atoms with Crippen LogP contribution < -0.4 is 10.6 Å².